The van der Waals surface area contributed by atoms with Gasteiger partial charge in [0.15, 0.2) is 0 Å². The van der Waals surface area contributed by atoms with Crippen molar-refractivity contribution < 1.29 is 4.42 Å². The van der Waals surface area contributed by atoms with Gasteiger partial charge in [-0.2, -0.15) is 0 Å². The molecule has 1 aromatic carbocycles. The van der Waals surface area contributed by atoms with Crippen LogP contribution in [-0.2, 0) is 13.0 Å². The van der Waals surface area contributed by atoms with E-state index in [-0.39, 0.29) is 0 Å². The first kappa shape index (κ1) is 13.4. The number of halogens is 1. The molecule has 0 radical (unpaired) electrons. The summed E-state index contributed by atoms with van der Waals surface area (Å²) in [5.74, 6) is 2.04. The van der Waals surface area contributed by atoms with E-state index in [9.17, 15) is 0 Å². The predicted octanol–water partition coefficient (Wildman–Crippen LogP) is 4.46. The van der Waals surface area contributed by atoms with Crippen LogP contribution in [-0.4, -0.2) is 0 Å². The highest BCUT2D eigenvalue weighted by atomic mass is 79.9. The van der Waals surface area contributed by atoms with Crippen LogP contribution in [0.25, 0.3) is 0 Å². The van der Waals surface area contributed by atoms with Crippen molar-refractivity contribution in [2.45, 2.75) is 32.9 Å². The summed E-state index contributed by atoms with van der Waals surface area (Å²) in [4.78, 5) is 0. The van der Waals surface area contributed by atoms with E-state index in [0.717, 1.165) is 29.0 Å². The molecule has 1 aromatic heterocycles. The highest BCUT2D eigenvalue weighted by Gasteiger charge is 2.06. The van der Waals surface area contributed by atoms with Crippen LogP contribution in [0.5, 0.6) is 0 Å². The summed E-state index contributed by atoms with van der Waals surface area (Å²) < 4.78 is 6.78. The molecule has 0 saturated heterocycles. The average molecular weight is 308 g/mol. The zero-order valence-corrected chi connectivity index (χ0v) is 12.3. The lowest BCUT2D eigenvalue weighted by Gasteiger charge is -2.13. The average Bonchev–Trinajstić information content (AvgIpc) is 2.84. The Kier molecular flexibility index (Phi) is 4.61. The Bertz CT molecular complexity index is 507. The Hall–Kier alpha value is -1.06. The van der Waals surface area contributed by atoms with E-state index in [1.54, 1.807) is 0 Å². The first-order chi connectivity index (χ1) is 8.69. The highest BCUT2D eigenvalue weighted by molar-refractivity contribution is 9.10. The van der Waals surface area contributed by atoms with Gasteiger partial charge in [-0.15, -0.1) is 0 Å². The molecule has 96 valence electrons. The summed E-state index contributed by atoms with van der Waals surface area (Å²) in [5, 5.41) is 3.47. The second kappa shape index (κ2) is 6.21. The molecule has 0 amide bonds. The van der Waals surface area contributed by atoms with Gasteiger partial charge in [0.1, 0.15) is 11.5 Å². The number of nitrogens with one attached hydrogen (secondary N) is 1. The summed E-state index contributed by atoms with van der Waals surface area (Å²) >= 11 is 3.49. The zero-order valence-electron chi connectivity index (χ0n) is 10.7. The number of benzene rings is 1. The summed E-state index contributed by atoms with van der Waals surface area (Å²) in [5.41, 5.74) is 1.27. The number of hydrogen-bond donors (Lipinski definition) is 1. The molecule has 1 heterocycles. The monoisotopic (exact) mass is 307 g/mol. The summed E-state index contributed by atoms with van der Waals surface area (Å²) in [6, 6.07) is 12.7. The molecule has 18 heavy (non-hydrogen) atoms. The maximum atomic E-state index is 5.67. The zero-order chi connectivity index (χ0) is 13.0. The minimum Gasteiger partial charge on any atom is -0.465 e. The van der Waals surface area contributed by atoms with Crippen LogP contribution < -0.4 is 5.32 Å². The third-order valence-corrected chi connectivity index (χ3v) is 3.49. The predicted molar refractivity (Wildman–Crippen MR) is 77.5 cm³/mol. The van der Waals surface area contributed by atoms with Gasteiger partial charge in [0, 0.05) is 16.9 Å². The van der Waals surface area contributed by atoms with Crippen LogP contribution in [0.2, 0.25) is 0 Å². The second-order valence-corrected chi connectivity index (χ2v) is 5.29. The largest absolute Gasteiger partial charge is 0.465 e. The number of aryl methyl sites for hydroxylation is 1. The molecule has 0 fully saturated rings. The molecule has 0 unspecified atom stereocenters. The van der Waals surface area contributed by atoms with Gasteiger partial charge in [-0.25, -0.2) is 0 Å². The molecule has 2 rings (SSSR count). The third-order valence-electron chi connectivity index (χ3n) is 3.00. The van der Waals surface area contributed by atoms with Gasteiger partial charge < -0.3 is 9.73 Å². The quantitative estimate of drug-likeness (QED) is 0.882. The Morgan fingerprint density at radius 1 is 1.22 bits per heavy atom. The first-order valence-electron chi connectivity index (χ1n) is 6.25. The standard InChI is InChI=1S/C15H18BrNO/c1-3-14-7-8-15(18-14)10-17-11(2)12-5-4-6-13(16)9-12/h4-9,11,17H,3,10H2,1-2H3/t11-/m0/s1. The number of hydrogen-bond acceptors (Lipinski definition) is 2. The Morgan fingerprint density at radius 3 is 2.67 bits per heavy atom. The molecule has 1 N–H and O–H groups in total. The van der Waals surface area contributed by atoms with Crippen molar-refractivity contribution in [1.29, 1.82) is 0 Å². The molecule has 0 aliphatic carbocycles. The molecular weight excluding hydrogens is 290 g/mol. The van der Waals surface area contributed by atoms with Crippen molar-refractivity contribution in [3.05, 3.63) is 58.0 Å². The van der Waals surface area contributed by atoms with Crippen molar-refractivity contribution >= 4 is 15.9 Å². The van der Waals surface area contributed by atoms with Crippen LogP contribution in [0.15, 0.2) is 45.3 Å². The molecule has 2 aromatic rings. The van der Waals surface area contributed by atoms with Crippen molar-refractivity contribution in [3.8, 4) is 0 Å². The van der Waals surface area contributed by atoms with Crippen LogP contribution >= 0.6 is 15.9 Å². The molecule has 0 spiro atoms. The lowest BCUT2D eigenvalue weighted by atomic mass is 10.1. The van der Waals surface area contributed by atoms with Crippen LogP contribution in [0.3, 0.4) is 0 Å². The van der Waals surface area contributed by atoms with Gasteiger partial charge in [-0.1, -0.05) is 35.0 Å². The topological polar surface area (TPSA) is 25.2 Å². The summed E-state index contributed by atoms with van der Waals surface area (Å²) in [7, 11) is 0. The Labute approximate surface area is 117 Å². The first-order valence-corrected chi connectivity index (χ1v) is 7.04. The van der Waals surface area contributed by atoms with Crippen LogP contribution in [0.4, 0.5) is 0 Å². The fraction of sp³-hybridized carbons (Fsp3) is 0.333. The summed E-state index contributed by atoms with van der Waals surface area (Å²) in [6.07, 6.45) is 0.946. The Morgan fingerprint density at radius 2 is 2.00 bits per heavy atom. The van der Waals surface area contributed by atoms with Gasteiger partial charge in [0.2, 0.25) is 0 Å². The molecule has 0 saturated carbocycles. The van der Waals surface area contributed by atoms with Crippen molar-refractivity contribution in [2.24, 2.45) is 0 Å². The van der Waals surface area contributed by atoms with E-state index in [4.69, 9.17) is 4.42 Å². The van der Waals surface area contributed by atoms with Crippen LogP contribution in [0.1, 0.15) is 37.0 Å². The van der Waals surface area contributed by atoms with Gasteiger partial charge >= 0.3 is 0 Å². The van der Waals surface area contributed by atoms with Gasteiger partial charge in [-0.3, -0.25) is 0 Å². The molecule has 2 nitrogen and oxygen atoms in total. The van der Waals surface area contributed by atoms with E-state index in [1.165, 1.54) is 5.56 Å². The van der Waals surface area contributed by atoms with E-state index in [1.807, 2.05) is 18.2 Å². The van der Waals surface area contributed by atoms with Gasteiger partial charge in [0.25, 0.3) is 0 Å². The van der Waals surface area contributed by atoms with Crippen molar-refractivity contribution in [3.63, 3.8) is 0 Å². The minimum absolute atomic E-state index is 0.303. The number of rotatable bonds is 5. The van der Waals surface area contributed by atoms with Gasteiger partial charge in [-0.05, 0) is 36.8 Å². The maximum absolute atomic E-state index is 5.67. The van der Waals surface area contributed by atoms with E-state index >= 15 is 0 Å². The lowest BCUT2D eigenvalue weighted by Crippen LogP contribution is -2.17. The normalized spacial score (nSPS) is 12.6. The minimum atomic E-state index is 0.303. The lowest BCUT2D eigenvalue weighted by molar-refractivity contribution is 0.435. The molecule has 0 aliphatic heterocycles. The summed E-state index contributed by atoms with van der Waals surface area (Å²) in [6.45, 7) is 5.01. The molecular formula is C15H18BrNO. The van der Waals surface area contributed by atoms with Crippen LogP contribution in [0, 0.1) is 0 Å². The highest BCUT2D eigenvalue weighted by Crippen LogP contribution is 2.18. The molecule has 3 heteroatoms. The van der Waals surface area contributed by atoms with E-state index < -0.39 is 0 Å². The molecule has 0 aliphatic rings. The molecule has 1 atom stereocenters. The Balaban J connectivity index is 1.93. The molecule has 0 bridgehead atoms. The van der Waals surface area contributed by atoms with Crippen molar-refractivity contribution in [2.75, 3.05) is 0 Å². The van der Waals surface area contributed by atoms with E-state index in [2.05, 4.69) is 53.3 Å². The maximum Gasteiger partial charge on any atom is 0.117 e. The second-order valence-electron chi connectivity index (χ2n) is 4.38. The smallest absolute Gasteiger partial charge is 0.117 e. The van der Waals surface area contributed by atoms with Crippen molar-refractivity contribution in [1.82, 2.24) is 5.32 Å². The number of furan rings is 1. The third kappa shape index (κ3) is 3.47. The fourth-order valence-electron chi connectivity index (χ4n) is 1.85. The fourth-order valence-corrected chi connectivity index (χ4v) is 2.27. The van der Waals surface area contributed by atoms with E-state index in [0.29, 0.717) is 6.04 Å². The van der Waals surface area contributed by atoms with Gasteiger partial charge in [0.05, 0.1) is 6.54 Å². The SMILES string of the molecule is CCc1ccc(CN[C@@H](C)c2cccc(Br)c2)o1.